The molecular formula is C28H26F2N2O5. The van der Waals surface area contributed by atoms with E-state index in [9.17, 15) is 28.0 Å². The Morgan fingerprint density at radius 1 is 0.784 bits per heavy atom. The number of hydrogen-bond acceptors (Lipinski definition) is 5. The van der Waals surface area contributed by atoms with Crippen LogP contribution in [0.4, 0.5) is 8.78 Å². The molecule has 3 rings (SSSR count). The molecule has 0 aliphatic carbocycles. The molecule has 0 fully saturated rings. The molecule has 0 spiro atoms. The highest BCUT2D eigenvalue weighted by Gasteiger charge is 2.44. The molecule has 0 radical (unpaired) electrons. The number of halogens is 2. The maximum atomic E-state index is 14.9. The molecule has 2 N–H and O–H groups in total. The van der Waals surface area contributed by atoms with Gasteiger partial charge >= 0.3 is 11.9 Å². The molecule has 0 aliphatic rings. The highest BCUT2D eigenvalue weighted by Crippen LogP contribution is 2.19. The Kier molecular flexibility index (Phi) is 9.60. The van der Waals surface area contributed by atoms with Gasteiger partial charge in [0.2, 0.25) is 11.7 Å². The van der Waals surface area contributed by atoms with Gasteiger partial charge in [-0.3, -0.25) is 19.2 Å². The summed E-state index contributed by atoms with van der Waals surface area (Å²) in [5, 5.41) is 4.30. The van der Waals surface area contributed by atoms with E-state index in [1.807, 2.05) is 5.32 Å². The molecule has 0 aliphatic heterocycles. The quantitative estimate of drug-likeness (QED) is 0.288. The lowest BCUT2D eigenvalue weighted by Gasteiger charge is -2.23. The second-order valence-corrected chi connectivity index (χ2v) is 8.25. The molecule has 1 unspecified atom stereocenters. The van der Waals surface area contributed by atoms with Crippen molar-refractivity contribution in [2.45, 2.75) is 31.4 Å². The zero-order valence-electron chi connectivity index (χ0n) is 19.9. The zero-order chi connectivity index (χ0) is 26.7. The Morgan fingerprint density at radius 2 is 1.32 bits per heavy atom. The second kappa shape index (κ2) is 13.1. The minimum atomic E-state index is -4.01. The average molecular weight is 509 g/mol. The van der Waals surface area contributed by atoms with Gasteiger partial charge in [-0.15, -0.1) is 0 Å². The van der Waals surface area contributed by atoms with Crippen LogP contribution in [0.15, 0.2) is 91.0 Å². The van der Waals surface area contributed by atoms with Gasteiger partial charge in [-0.25, -0.2) is 0 Å². The van der Waals surface area contributed by atoms with Crippen molar-refractivity contribution in [1.29, 1.82) is 0 Å². The molecule has 3 aromatic rings. The minimum Gasteiger partial charge on any atom is -0.460 e. The first kappa shape index (κ1) is 27.2. The third-order valence-corrected chi connectivity index (χ3v) is 5.36. The molecule has 0 heterocycles. The monoisotopic (exact) mass is 508 g/mol. The highest BCUT2D eigenvalue weighted by atomic mass is 19.3. The van der Waals surface area contributed by atoms with Crippen molar-refractivity contribution in [3.05, 3.63) is 108 Å². The van der Waals surface area contributed by atoms with E-state index < -0.39 is 48.5 Å². The van der Waals surface area contributed by atoms with Gasteiger partial charge in [0.05, 0.1) is 12.6 Å². The van der Waals surface area contributed by atoms with E-state index in [1.165, 1.54) is 12.1 Å². The van der Waals surface area contributed by atoms with Gasteiger partial charge in [0.1, 0.15) is 13.0 Å². The number of carbonyl (C=O) groups excluding carboxylic acids is 4. The molecule has 37 heavy (non-hydrogen) atoms. The zero-order valence-corrected chi connectivity index (χ0v) is 19.9. The summed E-state index contributed by atoms with van der Waals surface area (Å²) < 4.78 is 34.7. The van der Waals surface area contributed by atoms with Gasteiger partial charge in [0.25, 0.3) is 5.91 Å². The van der Waals surface area contributed by atoms with Crippen molar-refractivity contribution in [3.8, 4) is 0 Å². The van der Waals surface area contributed by atoms with Crippen LogP contribution in [0.3, 0.4) is 0 Å². The summed E-state index contributed by atoms with van der Waals surface area (Å²) >= 11 is 0. The standard InChI is InChI=1S/C28H26F2N2O5/c29-28(30,19-31-24(33)17-25(34)37-18-21-12-6-2-7-13-21)26(35)23(16-20-10-4-1-5-11-20)32-27(36)22-14-8-3-9-15-22/h1-15,23H,16-19H2,(H,31,33)(H,32,36). The van der Waals surface area contributed by atoms with Crippen molar-refractivity contribution in [1.82, 2.24) is 10.6 Å². The Morgan fingerprint density at radius 3 is 1.92 bits per heavy atom. The SMILES string of the molecule is O=C(CC(=O)OCc1ccccc1)NCC(F)(F)C(=O)C(Cc1ccccc1)NC(=O)c1ccccc1. The summed E-state index contributed by atoms with van der Waals surface area (Å²) in [7, 11) is 0. The third-order valence-electron chi connectivity index (χ3n) is 5.36. The van der Waals surface area contributed by atoms with E-state index in [2.05, 4.69) is 5.32 Å². The normalized spacial score (nSPS) is 11.7. The van der Waals surface area contributed by atoms with E-state index in [-0.39, 0.29) is 18.6 Å². The van der Waals surface area contributed by atoms with Gasteiger partial charge in [-0.1, -0.05) is 78.9 Å². The Hall–Kier alpha value is -4.40. The molecule has 9 heteroatoms. The van der Waals surface area contributed by atoms with Crippen molar-refractivity contribution < 1.29 is 32.7 Å². The number of nitrogens with one attached hydrogen (secondary N) is 2. The molecule has 0 saturated carbocycles. The fourth-order valence-corrected chi connectivity index (χ4v) is 3.42. The summed E-state index contributed by atoms with van der Waals surface area (Å²) in [5.74, 6) is -8.16. The van der Waals surface area contributed by atoms with Gasteiger partial charge < -0.3 is 15.4 Å². The number of amides is 2. The maximum absolute atomic E-state index is 14.9. The van der Waals surface area contributed by atoms with Crippen LogP contribution in [0.2, 0.25) is 0 Å². The summed E-state index contributed by atoms with van der Waals surface area (Å²) in [6.07, 6.45) is -0.955. The first-order valence-corrected chi connectivity index (χ1v) is 11.5. The number of alkyl halides is 2. The van der Waals surface area contributed by atoms with Crippen LogP contribution in [-0.4, -0.2) is 42.1 Å². The maximum Gasteiger partial charge on any atom is 0.324 e. The number of rotatable bonds is 12. The van der Waals surface area contributed by atoms with Crippen molar-refractivity contribution in [2.24, 2.45) is 0 Å². The molecule has 2 amide bonds. The smallest absolute Gasteiger partial charge is 0.324 e. The molecule has 7 nitrogen and oxygen atoms in total. The minimum absolute atomic E-state index is 0.0656. The molecule has 0 bridgehead atoms. The topological polar surface area (TPSA) is 102 Å². The number of ether oxygens (including phenoxy) is 1. The van der Waals surface area contributed by atoms with Crippen LogP contribution < -0.4 is 10.6 Å². The van der Waals surface area contributed by atoms with Crippen molar-refractivity contribution in [3.63, 3.8) is 0 Å². The molecule has 0 aromatic heterocycles. The van der Waals surface area contributed by atoms with Gasteiger partial charge in [0, 0.05) is 5.56 Å². The number of esters is 1. The Balaban J connectivity index is 1.59. The van der Waals surface area contributed by atoms with Crippen LogP contribution in [0.1, 0.15) is 27.9 Å². The van der Waals surface area contributed by atoms with Crippen molar-refractivity contribution >= 4 is 23.6 Å². The molecule has 1 atom stereocenters. The van der Waals surface area contributed by atoms with Gasteiger partial charge in [0.15, 0.2) is 0 Å². The lowest BCUT2D eigenvalue weighted by molar-refractivity contribution is -0.148. The summed E-state index contributed by atoms with van der Waals surface area (Å²) in [6.45, 7) is -1.40. The highest BCUT2D eigenvalue weighted by molar-refractivity contribution is 6.00. The predicted molar refractivity (Wildman–Crippen MR) is 132 cm³/mol. The first-order valence-electron chi connectivity index (χ1n) is 11.5. The lowest BCUT2D eigenvalue weighted by atomic mass is 9.98. The van der Waals surface area contributed by atoms with Gasteiger partial charge in [-0.05, 0) is 29.7 Å². The lowest BCUT2D eigenvalue weighted by Crippen LogP contribution is -2.53. The van der Waals surface area contributed by atoms with E-state index in [1.54, 1.807) is 78.9 Å². The van der Waals surface area contributed by atoms with E-state index >= 15 is 0 Å². The number of hydrogen-bond donors (Lipinski definition) is 2. The van der Waals surface area contributed by atoms with Crippen LogP contribution in [-0.2, 0) is 32.1 Å². The largest absolute Gasteiger partial charge is 0.460 e. The molecular weight excluding hydrogens is 482 g/mol. The van der Waals surface area contributed by atoms with Crippen molar-refractivity contribution in [2.75, 3.05) is 6.54 Å². The first-order chi connectivity index (χ1) is 17.7. The van der Waals surface area contributed by atoms with Gasteiger partial charge in [-0.2, -0.15) is 8.78 Å². The van der Waals surface area contributed by atoms with E-state index in [0.717, 1.165) is 0 Å². The summed E-state index contributed by atoms with van der Waals surface area (Å²) in [6, 6.07) is 23.5. The fourth-order valence-electron chi connectivity index (χ4n) is 3.42. The third kappa shape index (κ3) is 8.64. The van der Waals surface area contributed by atoms with E-state index in [0.29, 0.717) is 11.1 Å². The van der Waals surface area contributed by atoms with Crippen LogP contribution in [0.25, 0.3) is 0 Å². The number of carbonyl (C=O) groups is 4. The van der Waals surface area contributed by atoms with E-state index in [4.69, 9.17) is 4.74 Å². The average Bonchev–Trinajstić information content (AvgIpc) is 2.91. The summed E-state index contributed by atoms with van der Waals surface area (Å²) in [5.41, 5.74) is 1.48. The summed E-state index contributed by atoms with van der Waals surface area (Å²) in [4.78, 5) is 49.3. The van der Waals surface area contributed by atoms with Crippen LogP contribution >= 0.6 is 0 Å². The number of benzene rings is 3. The van der Waals surface area contributed by atoms with Crippen LogP contribution in [0.5, 0.6) is 0 Å². The number of Topliss-reactive ketones (excluding diaryl/α,β-unsaturated/α-hetero) is 1. The predicted octanol–water partition coefficient (Wildman–Crippen LogP) is 3.48. The molecule has 192 valence electrons. The number of ketones is 1. The Bertz CT molecular complexity index is 1210. The second-order valence-electron chi connectivity index (χ2n) is 8.25. The van der Waals surface area contributed by atoms with Crippen LogP contribution in [0, 0.1) is 0 Å². The molecule has 3 aromatic carbocycles. The molecule has 0 saturated heterocycles. The Labute approximate surface area is 212 Å². The fraction of sp³-hybridized carbons (Fsp3) is 0.214.